The van der Waals surface area contributed by atoms with Crippen molar-refractivity contribution in [2.75, 3.05) is 25.3 Å². The Morgan fingerprint density at radius 3 is 2.65 bits per heavy atom. The molecule has 0 aliphatic carbocycles. The van der Waals surface area contributed by atoms with E-state index in [1.54, 1.807) is 7.11 Å². The Morgan fingerprint density at radius 1 is 1.50 bits per heavy atom. The second-order valence-electron chi connectivity index (χ2n) is 5.64. The number of nitrogen functional groups attached to an aromatic ring is 1. The molecule has 1 atom stereocenters. The quantitative estimate of drug-likeness (QED) is 0.588. The maximum atomic E-state index is 11.7. The number of aromatic nitrogens is 3. The van der Waals surface area contributed by atoms with Gasteiger partial charge in [0.15, 0.2) is 5.82 Å². The minimum atomic E-state index is -0.185. The van der Waals surface area contributed by atoms with Gasteiger partial charge in [-0.3, -0.25) is 4.79 Å². The third-order valence-electron chi connectivity index (χ3n) is 2.49. The zero-order valence-electron chi connectivity index (χ0n) is 12.6. The predicted molar refractivity (Wildman–Crippen MR) is 79.1 cm³/mol. The first-order chi connectivity index (χ1) is 9.25. The average Bonchev–Trinajstić information content (AvgIpc) is 2.68. The lowest BCUT2D eigenvalue weighted by Gasteiger charge is -2.16. The number of hydrogen-bond acceptors (Lipinski definition) is 6. The van der Waals surface area contributed by atoms with E-state index in [0.717, 1.165) is 0 Å². The van der Waals surface area contributed by atoms with Gasteiger partial charge in [-0.2, -0.15) is 0 Å². The van der Waals surface area contributed by atoms with Crippen LogP contribution in [0.4, 0.5) is 0 Å². The van der Waals surface area contributed by atoms with Crippen LogP contribution in [0.5, 0.6) is 0 Å². The molecular formula is C12H23N5O2S. The van der Waals surface area contributed by atoms with Crippen molar-refractivity contribution in [3.63, 3.8) is 0 Å². The van der Waals surface area contributed by atoms with Crippen molar-refractivity contribution >= 4 is 17.7 Å². The van der Waals surface area contributed by atoms with Crippen LogP contribution in [0.25, 0.3) is 0 Å². The summed E-state index contributed by atoms with van der Waals surface area (Å²) < 4.78 is 6.40. The van der Waals surface area contributed by atoms with Crippen molar-refractivity contribution in [3.8, 4) is 0 Å². The first-order valence-electron chi connectivity index (χ1n) is 6.37. The summed E-state index contributed by atoms with van der Waals surface area (Å²) in [6.07, 6.45) is 0. The van der Waals surface area contributed by atoms with Crippen LogP contribution in [0.1, 0.15) is 33.5 Å². The molecule has 0 aliphatic rings. The number of nitrogens with one attached hydrogen (secondary N) is 1. The molecule has 1 aromatic rings. The van der Waals surface area contributed by atoms with Crippen LogP contribution in [-0.2, 0) is 14.9 Å². The molecule has 0 spiro atoms. The van der Waals surface area contributed by atoms with Gasteiger partial charge in [0.05, 0.1) is 12.4 Å². The van der Waals surface area contributed by atoms with Crippen molar-refractivity contribution in [1.29, 1.82) is 0 Å². The summed E-state index contributed by atoms with van der Waals surface area (Å²) in [4.78, 5) is 11.7. The Kier molecular flexibility index (Phi) is 5.82. The molecule has 0 radical (unpaired) electrons. The van der Waals surface area contributed by atoms with Crippen molar-refractivity contribution < 1.29 is 9.53 Å². The molecule has 0 fully saturated rings. The number of nitrogens with two attached hydrogens (primary N) is 1. The van der Waals surface area contributed by atoms with Crippen molar-refractivity contribution in [3.05, 3.63) is 5.82 Å². The number of amides is 1. The van der Waals surface area contributed by atoms with E-state index in [1.165, 1.54) is 16.4 Å². The SMILES string of the molecule is COCC(C)NC(=O)CSc1nnc(C(C)(C)C)n1N. The highest BCUT2D eigenvalue weighted by Gasteiger charge is 2.23. The molecule has 20 heavy (non-hydrogen) atoms. The van der Waals surface area contributed by atoms with Gasteiger partial charge in [-0.25, -0.2) is 4.68 Å². The highest BCUT2D eigenvalue weighted by atomic mass is 32.2. The lowest BCUT2D eigenvalue weighted by molar-refractivity contribution is -0.119. The summed E-state index contributed by atoms with van der Waals surface area (Å²) in [5.74, 6) is 6.79. The zero-order chi connectivity index (χ0) is 15.3. The molecule has 0 saturated heterocycles. The van der Waals surface area contributed by atoms with Crippen LogP contribution in [-0.4, -0.2) is 46.3 Å². The smallest absolute Gasteiger partial charge is 0.230 e. The van der Waals surface area contributed by atoms with Gasteiger partial charge in [-0.05, 0) is 6.92 Å². The molecule has 0 aliphatic heterocycles. The van der Waals surface area contributed by atoms with E-state index in [4.69, 9.17) is 10.6 Å². The van der Waals surface area contributed by atoms with Gasteiger partial charge in [0.1, 0.15) is 0 Å². The van der Waals surface area contributed by atoms with Crippen molar-refractivity contribution in [2.45, 2.75) is 44.3 Å². The highest BCUT2D eigenvalue weighted by Crippen LogP contribution is 2.22. The van der Waals surface area contributed by atoms with E-state index in [-0.39, 0.29) is 23.1 Å². The summed E-state index contributed by atoms with van der Waals surface area (Å²) in [5.41, 5.74) is -0.185. The Balaban J connectivity index is 2.54. The molecule has 1 rings (SSSR count). The fourth-order valence-electron chi connectivity index (χ4n) is 1.63. The predicted octanol–water partition coefficient (Wildman–Crippen LogP) is 0.533. The minimum Gasteiger partial charge on any atom is -0.383 e. The first-order valence-corrected chi connectivity index (χ1v) is 7.36. The normalized spacial score (nSPS) is 13.2. The van der Waals surface area contributed by atoms with Crippen LogP contribution < -0.4 is 11.2 Å². The van der Waals surface area contributed by atoms with E-state index in [9.17, 15) is 4.79 Å². The number of carbonyl (C=O) groups is 1. The molecule has 0 aromatic carbocycles. The average molecular weight is 301 g/mol. The molecule has 3 N–H and O–H groups in total. The fourth-order valence-corrected chi connectivity index (χ4v) is 2.29. The molecule has 1 heterocycles. The van der Waals surface area contributed by atoms with E-state index in [2.05, 4.69) is 15.5 Å². The summed E-state index contributed by atoms with van der Waals surface area (Å²) in [5, 5.41) is 11.4. The molecular weight excluding hydrogens is 278 g/mol. The van der Waals surface area contributed by atoms with E-state index in [1.807, 2.05) is 27.7 Å². The number of hydrogen-bond donors (Lipinski definition) is 2. The molecule has 1 amide bonds. The molecule has 1 aromatic heterocycles. The molecule has 1 unspecified atom stereocenters. The Bertz CT molecular complexity index is 455. The number of rotatable bonds is 6. The van der Waals surface area contributed by atoms with Gasteiger partial charge in [0.25, 0.3) is 0 Å². The number of methoxy groups -OCH3 is 1. The Hall–Kier alpha value is -1.28. The number of carbonyl (C=O) groups excluding carboxylic acids is 1. The van der Waals surface area contributed by atoms with Gasteiger partial charge < -0.3 is 15.9 Å². The largest absolute Gasteiger partial charge is 0.383 e. The second-order valence-corrected chi connectivity index (χ2v) is 6.58. The summed E-state index contributed by atoms with van der Waals surface area (Å²) in [6, 6.07) is -0.0195. The third kappa shape index (κ3) is 4.68. The molecule has 8 heteroatoms. The highest BCUT2D eigenvalue weighted by molar-refractivity contribution is 7.99. The monoisotopic (exact) mass is 301 g/mol. The van der Waals surface area contributed by atoms with Crippen LogP contribution in [0.15, 0.2) is 5.16 Å². The van der Waals surface area contributed by atoms with Crippen molar-refractivity contribution in [1.82, 2.24) is 20.2 Å². The minimum absolute atomic E-state index is 0.0195. The van der Waals surface area contributed by atoms with Crippen LogP contribution in [0, 0.1) is 0 Å². The third-order valence-corrected chi connectivity index (χ3v) is 3.43. The lowest BCUT2D eigenvalue weighted by Crippen LogP contribution is -2.36. The summed E-state index contributed by atoms with van der Waals surface area (Å²) >= 11 is 1.26. The summed E-state index contributed by atoms with van der Waals surface area (Å²) in [6.45, 7) is 8.39. The Morgan fingerprint density at radius 2 is 2.15 bits per heavy atom. The summed E-state index contributed by atoms with van der Waals surface area (Å²) in [7, 11) is 1.60. The molecule has 0 saturated carbocycles. The second kappa shape index (κ2) is 6.94. The Labute approximate surface area is 123 Å². The standard InChI is InChI=1S/C12H23N5O2S/c1-8(6-19-5)14-9(18)7-20-11-16-15-10(17(11)13)12(2,3)4/h8H,6-7,13H2,1-5H3,(H,14,18). The van der Waals surface area contributed by atoms with Crippen LogP contribution in [0.3, 0.4) is 0 Å². The maximum absolute atomic E-state index is 11.7. The maximum Gasteiger partial charge on any atom is 0.230 e. The fraction of sp³-hybridized carbons (Fsp3) is 0.750. The number of nitrogens with zero attached hydrogens (tertiary/aromatic N) is 3. The van der Waals surface area contributed by atoms with Crippen LogP contribution >= 0.6 is 11.8 Å². The van der Waals surface area contributed by atoms with E-state index in [0.29, 0.717) is 17.6 Å². The van der Waals surface area contributed by atoms with Gasteiger partial charge in [0.2, 0.25) is 11.1 Å². The first kappa shape index (κ1) is 16.8. The zero-order valence-corrected chi connectivity index (χ0v) is 13.5. The van der Waals surface area contributed by atoms with Gasteiger partial charge in [0, 0.05) is 18.6 Å². The number of ether oxygens (including phenoxy) is 1. The molecule has 7 nitrogen and oxygen atoms in total. The van der Waals surface area contributed by atoms with Gasteiger partial charge in [-0.15, -0.1) is 10.2 Å². The van der Waals surface area contributed by atoms with Crippen molar-refractivity contribution in [2.24, 2.45) is 0 Å². The van der Waals surface area contributed by atoms with E-state index >= 15 is 0 Å². The number of thioether (sulfide) groups is 1. The molecule has 0 bridgehead atoms. The molecule has 114 valence electrons. The van der Waals surface area contributed by atoms with Gasteiger partial charge >= 0.3 is 0 Å². The topological polar surface area (TPSA) is 95.1 Å². The van der Waals surface area contributed by atoms with E-state index < -0.39 is 0 Å². The lowest BCUT2D eigenvalue weighted by atomic mass is 9.96. The van der Waals surface area contributed by atoms with Gasteiger partial charge in [-0.1, -0.05) is 32.5 Å². The van der Waals surface area contributed by atoms with Crippen LogP contribution in [0.2, 0.25) is 0 Å².